The van der Waals surface area contributed by atoms with Crippen molar-refractivity contribution in [3.8, 4) is 0 Å². The van der Waals surface area contributed by atoms with E-state index in [2.05, 4.69) is 27.9 Å². The van der Waals surface area contributed by atoms with E-state index in [4.69, 9.17) is 4.74 Å². The third-order valence-electron chi connectivity index (χ3n) is 6.70. The van der Waals surface area contributed by atoms with Crippen LogP contribution < -0.4 is 0 Å². The molecule has 31 heavy (non-hydrogen) atoms. The molecule has 2 saturated carbocycles. The van der Waals surface area contributed by atoms with Crippen molar-refractivity contribution in [3.05, 3.63) is 28.7 Å². The fourth-order valence-corrected chi connectivity index (χ4v) is 6.14. The standard InChI is InChI=1S/C24H39BrN2O3S/c1-26(19-20-7-8-20)17-5-3-4-6-18-30-23-13-11-22(12-14-23)27(2)31(28,29)24-15-9-21(25)10-16-24/h9-10,15-16,20,22-23H,3-8,11-14,17-19H2,1-2H3. The molecule has 0 heterocycles. The van der Waals surface area contributed by atoms with E-state index in [1.165, 1.54) is 45.2 Å². The van der Waals surface area contributed by atoms with Crippen LogP contribution in [0.1, 0.15) is 64.2 Å². The zero-order valence-electron chi connectivity index (χ0n) is 19.1. The summed E-state index contributed by atoms with van der Waals surface area (Å²) >= 11 is 3.36. The highest BCUT2D eigenvalue weighted by Gasteiger charge is 2.31. The normalized spacial score (nSPS) is 22.4. The number of unbranched alkanes of at least 4 members (excludes halogenated alkanes) is 3. The summed E-state index contributed by atoms with van der Waals surface area (Å²) in [5.74, 6) is 0.981. The monoisotopic (exact) mass is 514 g/mol. The van der Waals surface area contributed by atoms with Crippen LogP contribution in [0.15, 0.2) is 33.6 Å². The fraction of sp³-hybridized carbons (Fsp3) is 0.750. The molecule has 0 aromatic heterocycles. The lowest BCUT2D eigenvalue weighted by atomic mass is 9.93. The SMILES string of the molecule is CN(CCCCCCOC1CCC(N(C)S(=O)(=O)c2ccc(Br)cc2)CC1)CC1CC1. The van der Waals surface area contributed by atoms with Crippen LogP contribution in [-0.2, 0) is 14.8 Å². The van der Waals surface area contributed by atoms with Gasteiger partial charge in [0.1, 0.15) is 0 Å². The predicted octanol–water partition coefficient (Wildman–Crippen LogP) is 5.30. The molecule has 2 fully saturated rings. The minimum absolute atomic E-state index is 0.0566. The smallest absolute Gasteiger partial charge is 0.243 e. The Labute approximate surface area is 197 Å². The second kappa shape index (κ2) is 12.1. The van der Waals surface area contributed by atoms with Gasteiger partial charge in [-0.15, -0.1) is 0 Å². The van der Waals surface area contributed by atoms with Crippen molar-refractivity contribution in [1.29, 1.82) is 0 Å². The van der Waals surface area contributed by atoms with Gasteiger partial charge in [0.05, 0.1) is 11.0 Å². The first-order valence-electron chi connectivity index (χ1n) is 11.9. The van der Waals surface area contributed by atoms with Crippen molar-refractivity contribution in [2.24, 2.45) is 5.92 Å². The number of rotatable bonds is 13. The van der Waals surface area contributed by atoms with Gasteiger partial charge in [-0.2, -0.15) is 4.31 Å². The van der Waals surface area contributed by atoms with E-state index in [0.29, 0.717) is 4.90 Å². The molecule has 0 N–H and O–H groups in total. The molecule has 0 spiro atoms. The number of hydrogen-bond acceptors (Lipinski definition) is 4. The highest BCUT2D eigenvalue weighted by atomic mass is 79.9. The summed E-state index contributed by atoms with van der Waals surface area (Å²) in [5, 5.41) is 0. The third kappa shape index (κ3) is 8.11. The molecule has 176 valence electrons. The Balaban J connectivity index is 1.27. The summed E-state index contributed by atoms with van der Waals surface area (Å²) in [6, 6.07) is 6.93. The second-order valence-corrected chi connectivity index (χ2v) is 12.3. The third-order valence-corrected chi connectivity index (χ3v) is 9.16. The van der Waals surface area contributed by atoms with E-state index in [1.807, 2.05) is 0 Å². The molecule has 5 nitrogen and oxygen atoms in total. The Bertz CT molecular complexity index is 760. The van der Waals surface area contributed by atoms with E-state index in [1.54, 1.807) is 35.6 Å². The first-order valence-corrected chi connectivity index (χ1v) is 14.1. The van der Waals surface area contributed by atoms with E-state index in [9.17, 15) is 8.42 Å². The molecule has 0 amide bonds. The van der Waals surface area contributed by atoms with Crippen molar-refractivity contribution in [1.82, 2.24) is 9.21 Å². The Morgan fingerprint density at radius 3 is 2.23 bits per heavy atom. The van der Waals surface area contributed by atoms with Gasteiger partial charge in [-0.05, 0) is 95.1 Å². The lowest BCUT2D eigenvalue weighted by Gasteiger charge is -2.34. The van der Waals surface area contributed by atoms with Gasteiger partial charge in [0.25, 0.3) is 0 Å². The number of hydrogen-bond donors (Lipinski definition) is 0. The molecular weight excluding hydrogens is 476 g/mol. The van der Waals surface area contributed by atoms with Gasteiger partial charge in [-0.3, -0.25) is 0 Å². The molecule has 0 saturated heterocycles. The van der Waals surface area contributed by atoms with Crippen molar-refractivity contribution in [3.63, 3.8) is 0 Å². The van der Waals surface area contributed by atoms with Crippen molar-refractivity contribution >= 4 is 26.0 Å². The van der Waals surface area contributed by atoms with Crippen LogP contribution in [0.4, 0.5) is 0 Å². The van der Waals surface area contributed by atoms with Crippen LogP contribution >= 0.6 is 15.9 Å². The highest BCUT2D eigenvalue weighted by molar-refractivity contribution is 9.10. The lowest BCUT2D eigenvalue weighted by Crippen LogP contribution is -2.40. The lowest BCUT2D eigenvalue weighted by molar-refractivity contribution is 0.0156. The molecule has 2 aliphatic carbocycles. The maximum absolute atomic E-state index is 12.9. The quantitative estimate of drug-likeness (QED) is 0.335. The molecule has 3 rings (SSSR count). The van der Waals surface area contributed by atoms with Gasteiger partial charge in [0.2, 0.25) is 10.0 Å². The summed E-state index contributed by atoms with van der Waals surface area (Å²) in [6.07, 6.45) is 11.7. The van der Waals surface area contributed by atoms with E-state index in [0.717, 1.165) is 49.1 Å². The molecule has 1 aromatic carbocycles. The molecule has 2 aliphatic rings. The van der Waals surface area contributed by atoms with E-state index in [-0.39, 0.29) is 12.1 Å². The Morgan fingerprint density at radius 1 is 0.935 bits per heavy atom. The topological polar surface area (TPSA) is 49.9 Å². The first kappa shape index (κ1) is 25.2. The average Bonchev–Trinajstić information content (AvgIpc) is 3.57. The molecule has 0 atom stereocenters. The fourth-order valence-electron chi connectivity index (χ4n) is 4.46. The number of nitrogens with zero attached hydrogens (tertiary/aromatic N) is 2. The van der Waals surface area contributed by atoms with Gasteiger partial charge < -0.3 is 9.64 Å². The van der Waals surface area contributed by atoms with Gasteiger partial charge in [0.15, 0.2) is 0 Å². The molecule has 1 aromatic rings. The Hall–Kier alpha value is -0.470. The van der Waals surface area contributed by atoms with Crippen LogP contribution in [0.3, 0.4) is 0 Å². The van der Waals surface area contributed by atoms with Crippen LogP contribution in [0, 0.1) is 5.92 Å². The molecule has 0 unspecified atom stereocenters. The van der Waals surface area contributed by atoms with E-state index < -0.39 is 10.0 Å². The molecular formula is C24H39BrN2O3S. The van der Waals surface area contributed by atoms with Crippen molar-refractivity contribution in [2.45, 2.75) is 81.2 Å². The summed E-state index contributed by atoms with van der Waals surface area (Å²) in [6.45, 7) is 3.34. The minimum atomic E-state index is -3.44. The van der Waals surface area contributed by atoms with Gasteiger partial charge in [-0.25, -0.2) is 8.42 Å². The molecule has 7 heteroatoms. The van der Waals surface area contributed by atoms with Gasteiger partial charge in [-0.1, -0.05) is 28.8 Å². The Kier molecular flexibility index (Phi) is 9.84. The maximum Gasteiger partial charge on any atom is 0.243 e. The Morgan fingerprint density at radius 2 is 1.58 bits per heavy atom. The van der Waals surface area contributed by atoms with Crippen LogP contribution in [-0.4, -0.2) is 63.6 Å². The van der Waals surface area contributed by atoms with Crippen molar-refractivity contribution in [2.75, 3.05) is 33.8 Å². The summed E-state index contributed by atoms with van der Waals surface area (Å²) in [5.41, 5.74) is 0. The first-order chi connectivity index (χ1) is 14.9. The molecule has 0 aliphatic heterocycles. The van der Waals surface area contributed by atoms with Crippen LogP contribution in [0.2, 0.25) is 0 Å². The number of ether oxygens (including phenoxy) is 1. The predicted molar refractivity (Wildman–Crippen MR) is 130 cm³/mol. The van der Waals surface area contributed by atoms with Gasteiger partial charge in [0, 0.05) is 30.7 Å². The largest absolute Gasteiger partial charge is 0.378 e. The summed E-state index contributed by atoms with van der Waals surface area (Å²) < 4.78 is 34.3. The van der Waals surface area contributed by atoms with Gasteiger partial charge >= 0.3 is 0 Å². The second-order valence-electron chi connectivity index (χ2n) is 9.40. The summed E-state index contributed by atoms with van der Waals surface area (Å²) in [7, 11) is 0.519. The van der Waals surface area contributed by atoms with E-state index >= 15 is 0 Å². The number of halogens is 1. The van der Waals surface area contributed by atoms with Crippen molar-refractivity contribution < 1.29 is 13.2 Å². The maximum atomic E-state index is 12.9. The minimum Gasteiger partial charge on any atom is -0.378 e. The average molecular weight is 516 g/mol. The number of sulfonamides is 1. The number of benzene rings is 1. The zero-order chi connectivity index (χ0) is 22.3. The molecule has 0 bridgehead atoms. The van der Waals surface area contributed by atoms with Crippen LogP contribution in [0.5, 0.6) is 0 Å². The zero-order valence-corrected chi connectivity index (χ0v) is 21.5. The highest BCUT2D eigenvalue weighted by Crippen LogP contribution is 2.30. The van der Waals surface area contributed by atoms with Crippen LogP contribution in [0.25, 0.3) is 0 Å². The summed E-state index contributed by atoms with van der Waals surface area (Å²) in [4.78, 5) is 2.84. The molecule has 0 radical (unpaired) electrons.